The number of hydrogen-bond acceptors (Lipinski definition) is 6. The van der Waals surface area contributed by atoms with Crippen molar-refractivity contribution in [3.63, 3.8) is 0 Å². The molecule has 1 unspecified atom stereocenters. The smallest absolute Gasteiger partial charge is 0.238 e. The summed E-state index contributed by atoms with van der Waals surface area (Å²) in [7, 11) is 0. The van der Waals surface area contributed by atoms with Crippen molar-refractivity contribution >= 4 is 5.91 Å². The normalized spacial score (nSPS) is 12.5. The Balaban J connectivity index is 1.81. The van der Waals surface area contributed by atoms with Gasteiger partial charge in [0.2, 0.25) is 17.6 Å². The van der Waals surface area contributed by atoms with Gasteiger partial charge in [-0.15, -0.1) is 0 Å². The fraction of sp³-hybridized carbons (Fsp3) is 0.533. The zero-order chi connectivity index (χ0) is 15.9. The van der Waals surface area contributed by atoms with E-state index in [1.165, 1.54) is 0 Å². The summed E-state index contributed by atoms with van der Waals surface area (Å²) in [6.07, 6.45) is 3.08. The van der Waals surface area contributed by atoms with E-state index in [0.717, 1.165) is 6.42 Å². The van der Waals surface area contributed by atoms with E-state index in [1.54, 1.807) is 18.4 Å². The summed E-state index contributed by atoms with van der Waals surface area (Å²) in [4.78, 5) is 16.1. The molecule has 2 aromatic heterocycles. The first-order chi connectivity index (χ1) is 10.6. The number of hydrogen-bond donors (Lipinski definition) is 2. The van der Waals surface area contributed by atoms with Gasteiger partial charge in [-0.3, -0.25) is 4.79 Å². The molecule has 0 radical (unpaired) electrons. The molecule has 7 heteroatoms. The van der Waals surface area contributed by atoms with E-state index in [0.29, 0.717) is 36.4 Å². The van der Waals surface area contributed by atoms with Gasteiger partial charge in [-0.1, -0.05) is 19.0 Å². The molecule has 0 bridgehead atoms. The lowest BCUT2D eigenvalue weighted by Gasteiger charge is -2.18. The second-order valence-electron chi connectivity index (χ2n) is 5.62. The van der Waals surface area contributed by atoms with Crippen molar-refractivity contribution in [2.75, 3.05) is 6.54 Å². The van der Waals surface area contributed by atoms with E-state index in [9.17, 15) is 4.79 Å². The first kappa shape index (κ1) is 16.2. The molecule has 0 fully saturated rings. The van der Waals surface area contributed by atoms with Gasteiger partial charge in [0.25, 0.3) is 0 Å². The first-order valence-corrected chi connectivity index (χ1v) is 7.44. The van der Waals surface area contributed by atoms with Crippen LogP contribution in [0.5, 0.6) is 0 Å². The molecule has 0 saturated heterocycles. The first-order valence-electron chi connectivity index (χ1n) is 7.44. The zero-order valence-corrected chi connectivity index (χ0v) is 12.9. The van der Waals surface area contributed by atoms with Crippen LogP contribution in [-0.2, 0) is 11.2 Å². The van der Waals surface area contributed by atoms with Crippen LogP contribution in [0, 0.1) is 5.92 Å². The lowest BCUT2D eigenvalue weighted by molar-refractivity contribution is -0.121. The fourth-order valence-corrected chi connectivity index (χ4v) is 2.17. The number of nitrogens with one attached hydrogen (secondary N) is 1. The molecule has 2 rings (SSSR count). The summed E-state index contributed by atoms with van der Waals surface area (Å²) in [6.45, 7) is 4.64. The molecular formula is C15H22N4O3. The van der Waals surface area contributed by atoms with Crippen LogP contribution in [0.25, 0.3) is 11.6 Å². The number of carbonyl (C=O) groups excluding carboxylic acids is 1. The number of nitrogens with zero attached hydrogens (tertiary/aromatic N) is 2. The van der Waals surface area contributed by atoms with Crippen LogP contribution in [0.2, 0.25) is 0 Å². The van der Waals surface area contributed by atoms with Gasteiger partial charge in [-0.25, -0.2) is 0 Å². The Morgan fingerprint density at radius 3 is 2.91 bits per heavy atom. The summed E-state index contributed by atoms with van der Waals surface area (Å²) in [5, 5.41) is 6.75. The number of furan rings is 1. The molecule has 22 heavy (non-hydrogen) atoms. The molecule has 0 aromatic carbocycles. The van der Waals surface area contributed by atoms with Gasteiger partial charge in [0, 0.05) is 25.4 Å². The average Bonchev–Trinajstić information content (AvgIpc) is 3.14. The van der Waals surface area contributed by atoms with Crippen molar-refractivity contribution in [1.82, 2.24) is 15.5 Å². The molecule has 7 nitrogen and oxygen atoms in total. The third kappa shape index (κ3) is 4.70. The van der Waals surface area contributed by atoms with E-state index in [-0.39, 0.29) is 18.4 Å². The minimum absolute atomic E-state index is 0.00821. The number of nitrogens with two attached hydrogens (primary N) is 1. The van der Waals surface area contributed by atoms with Crippen molar-refractivity contribution in [2.45, 2.75) is 39.2 Å². The van der Waals surface area contributed by atoms with Crippen molar-refractivity contribution in [1.29, 1.82) is 0 Å². The maximum Gasteiger partial charge on any atom is 0.238 e. The Morgan fingerprint density at radius 2 is 2.27 bits per heavy atom. The summed E-state index contributed by atoms with van der Waals surface area (Å²) in [5.74, 6) is 1.77. The second kappa shape index (κ2) is 7.74. The van der Waals surface area contributed by atoms with Crippen LogP contribution in [-0.4, -0.2) is 28.6 Å². The van der Waals surface area contributed by atoms with Crippen molar-refractivity contribution in [3.8, 4) is 11.6 Å². The van der Waals surface area contributed by atoms with Gasteiger partial charge in [0.05, 0.1) is 6.26 Å². The minimum Gasteiger partial charge on any atom is -0.461 e. The third-order valence-corrected chi connectivity index (χ3v) is 3.18. The Labute approximate surface area is 129 Å². The quantitative estimate of drug-likeness (QED) is 0.769. The Morgan fingerprint density at radius 1 is 1.45 bits per heavy atom. The molecule has 0 aliphatic rings. The summed E-state index contributed by atoms with van der Waals surface area (Å²) in [5.41, 5.74) is 5.67. The number of carbonyl (C=O) groups is 1. The molecule has 1 atom stereocenters. The van der Waals surface area contributed by atoms with E-state index in [1.807, 2.05) is 0 Å². The average molecular weight is 306 g/mol. The number of rotatable bonds is 8. The summed E-state index contributed by atoms with van der Waals surface area (Å²) in [6, 6.07) is 3.51. The maximum atomic E-state index is 11.9. The van der Waals surface area contributed by atoms with Crippen molar-refractivity contribution in [3.05, 3.63) is 24.3 Å². The molecule has 0 aliphatic carbocycles. The maximum absolute atomic E-state index is 11.9. The summed E-state index contributed by atoms with van der Waals surface area (Å²) < 4.78 is 10.3. The highest BCUT2D eigenvalue weighted by atomic mass is 16.5. The molecule has 0 spiro atoms. The van der Waals surface area contributed by atoms with Crippen LogP contribution in [0.3, 0.4) is 0 Å². The third-order valence-electron chi connectivity index (χ3n) is 3.18. The molecule has 3 N–H and O–H groups in total. The lowest BCUT2D eigenvalue weighted by Crippen LogP contribution is -2.41. The van der Waals surface area contributed by atoms with Crippen LogP contribution >= 0.6 is 0 Å². The van der Waals surface area contributed by atoms with Crippen molar-refractivity contribution < 1.29 is 13.7 Å². The molecule has 2 heterocycles. The SMILES string of the molecule is CC(C)CC(CN)NC(=O)CCc1nc(-c2ccco2)no1. The molecule has 0 aliphatic heterocycles. The van der Waals surface area contributed by atoms with Gasteiger partial charge < -0.3 is 20.0 Å². The highest BCUT2D eigenvalue weighted by Crippen LogP contribution is 2.16. The Hall–Kier alpha value is -2.15. The van der Waals surface area contributed by atoms with Crippen LogP contribution in [0.1, 0.15) is 32.6 Å². The number of aryl methyl sites for hydroxylation is 1. The van der Waals surface area contributed by atoms with Crippen molar-refractivity contribution in [2.24, 2.45) is 11.7 Å². The van der Waals surface area contributed by atoms with Gasteiger partial charge >= 0.3 is 0 Å². The molecule has 1 amide bonds. The molecular weight excluding hydrogens is 284 g/mol. The predicted molar refractivity (Wildman–Crippen MR) is 80.8 cm³/mol. The highest BCUT2D eigenvalue weighted by molar-refractivity contribution is 5.76. The summed E-state index contributed by atoms with van der Waals surface area (Å²) >= 11 is 0. The molecule has 120 valence electrons. The van der Waals surface area contributed by atoms with Crippen LogP contribution in [0.15, 0.2) is 27.3 Å². The van der Waals surface area contributed by atoms with Crippen LogP contribution < -0.4 is 11.1 Å². The highest BCUT2D eigenvalue weighted by Gasteiger charge is 2.15. The topological polar surface area (TPSA) is 107 Å². The van der Waals surface area contributed by atoms with E-state index in [4.69, 9.17) is 14.7 Å². The molecule has 0 saturated carbocycles. The fourth-order valence-electron chi connectivity index (χ4n) is 2.17. The minimum atomic E-state index is -0.0613. The lowest BCUT2D eigenvalue weighted by atomic mass is 10.0. The number of aromatic nitrogens is 2. The Kier molecular flexibility index (Phi) is 5.71. The monoisotopic (exact) mass is 306 g/mol. The van der Waals surface area contributed by atoms with E-state index >= 15 is 0 Å². The van der Waals surface area contributed by atoms with E-state index in [2.05, 4.69) is 29.3 Å². The standard InChI is InChI=1S/C15H22N4O3/c1-10(2)8-11(9-16)17-13(20)5-6-14-18-15(19-22-14)12-4-3-7-21-12/h3-4,7,10-11H,5-6,8-9,16H2,1-2H3,(H,17,20). The van der Waals surface area contributed by atoms with Gasteiger partial charge in [-0.2, -0.15) is 4.98 Å². The van der Waals surface area contributed by atoms with Gasteiger partial charge in [-0.05, 0) is 24.5 Å². The van der Waals surface area contributed by atoms with Gasteiger partial charge in [0.1, 0.15) is 0 Å². The zero-order valence-electron chi connectivity index (χ0n) is 12.9. The molecule has 2 aromatic rings. The second-order valence-corrected chi connectivity index (χ2v) is 5.62. The largest absolute Gasteiger partial charge is 0.461 e. The Bertz CT molecular complexity index is 577. The van der Waals surface area contributed by atoms with Gasteiger partial charge in [0.15, 0.2) is 5.76 Å². The van der Waals surface area contributed by atoms with E-state index < -0.39 is 0 Å². The number of amides is 1. The predicted octanol–water partition coefficient (Wildman–Crippen LogP) is 1.75. The van der Waals surface area contributed by atoms with Crippen LogP contribution in [0.4, 0.5) is 0 Å².